The zero-order chi connectivity index (χ0) is 30.3. The van der Waals surface area contributed by atoms with Crippen LogP contribution in [0.1, 0.15) is 23.7 Å². The molecule has 6 atom stereocenters. The quantitative estimate of drug-likeness (QED) is 0.222. The van der Waals surface area contributed by atoms with Crippen LogP contribution in [-0.2, 0) is 19.1 Å². The Morgan fingerprint density at radius 2 is 1.57 bits per heavy atom. The Bertz CT molecular complexity index is 1360. The van der Waals surface area contributed by atoms with Gasteiger partial charge in [-0.25, -0.2) is 4.79 Å². The van der Waals surface area contributed by atoms with Crippen LogP contribution in [0.15, 0.2) is 89.8 Å². The minimum atomic E-state index is -1.79. The highest BCUT2D eigenvalue weighted by molar-refractivity contribution is 8.01. The molecule has 0 saturated carbocycles. The first kappa shape index (κ1) is 31.2. The van der Waals surface area contributed by atoms with Crippen LogP contribution in [0.25, 0.3) is 11.1 Å². The summed E-state index contributed by atoms with van der Waals surface area (Å²) in [6.07, 6.45) is -6.36. The number of aliphatic hydroxyl groups excluding tert-OH is 3. The van der Waals surface area contributed by atoms with Gasteiger partial charge < -0.3 is 35.4 Å². The smallest absolute Gasteiger partial charge is 0.349 e. The molecule has 3 aromatic rings. The van der Waals surface area contributed by atoms with E-state index < -0.39 is 53.2 Å². The van der Waals surface area contributed by atoms with Gasteiger partial charge in [-0.15, -0.1) is 0 Å². The molecule has 2 amide bonds. The number of hydrogen-bond donors (Lipinski definition) is 5. The van der Waals surface area contributed by atoms with Crippen molar-refractivity contribution in [1.82, 2.24) is 10.6 Å². The van der Waals surface area contributed by atoms with Crippen LogP contribution >= 0.6 is 11.8 Å². The highest BCUT2D eigenvalue weighted by Gasteiger charge is 2.55. The van der Waals surface area contributed by atoms with Crippen LogP contribution in [0.4, 0.5) is 0 Å². The van der Waals surface area contributed by atoms with Crippen LogP contribution in [0, 0.1) is 0 Å². The Kier molecular flexibility index (Phi) is 10.4. The zero-order valence-electron chi connectivity index (χ0n) is 23.2. The Morgan fingerprint density at radius 3 is 2.17 bits per heavy atom. The number of esters is 1. The predicted molar refractivity (Wildman–Crippen MR) is 156 cm³/mol. The van der Waals surface area contributed by atoms with Crippen molar-refractivity contribution in [2.24, 2.45) is 0 Å². The van der Waals surface area contributed by atoms with E-state index in [2.05, 4.69) is 10.6 Å². The number of carbonyl (C=O) groups excluding carboxylic acids is 3. The summed E-state index contributed by atoms with van der Waals surface area (Å²) in [6.45, 7) is 0.858. The molecule has 4 rings (SSSR count). The molecule has 0 radical (unpaired) electrons. The summed E-state index contributed by atoms with van der Waals surface area (Å²) in [5, 5.41) is 38.3. The molecule has 1 aliphatic rings. The van der Waals surface area contributed by atoms with E-state index in [0.717, 1.165) is 22.9 Å². The molecular formula is C31H34N2O8S. The predicted octanol–water partition coefficient (Wildman–Crippen LogP) is 2.12. The van der Waals surface area contributed by atoms with Gasteiger partial charge in [0.05, 0.1) is 25.4 Å². The molecule has 1 aliphatic heterocycles. The maximum absolute atomic E-state index is 13.0. The number of aliphatic hydroxyl groups is 3. The first-order valence-electron chi connectivity index (χ1n) is 13.4. The Morgan fingerprint density at radius 1 is 0.976 bits per heavy atom. The maximum atomic E-state index is 13.0. The van der Waals surface area contributed by atoms with E-state index in [9.17, 15) is 29.7 Å². The topological polar surface area (TPSA) is 154 Å². The second-order valence-electron chi connectivity index (χ2n) is 9.95. The minimum Gasteiger partial charge on any atom is -0.466 e. The number of carbonyl (C=O) groups is 3. The average molecular weight is 595 g/mol. The molecule has 0 aliphatic carbocycles. The fourth-order valence-electron chi connectivity index (χ4n) is 4.81. The molecular weight excluding hydrogens is 560 g/mol. The fraction of sp³-hybridized carbons (Fsp3) is 0.323. The monoisotopic (exact) mass is 594 g/mol. The van der Waals surface area contributed by atoms with Gasteiger partial charge in [0.1, 0.15) is 12.2 Å². The second-order valence-corrected chi connectivity index (χ2v) is 11.3. The first-order chi connectivity index (χ1) is 20.1. The molecule has 11 heteroatoms. The number of nitrogens with one attached hydrogen (secondary N) is 2. The van der Waals surface area contributed by atoms with Gasteiger partial charge in [0.2, 0.25) is 10.8 Å². The maximum Gasteiger partial charge on any atom is 0.349 e. The van der Waals surface area contributed by atoms with Crippen molar-refractivity contribution >= 4 is 29.5 Å². The summed E-state index contributed by atoms with van der Waals surface area (Å²) in [4.78, 5) is 36.6. The van der Waals surface area contributed by atoms with E-state index in [1.807, 2.05) is 42.5 Å². The van der Waals surface area contributed by atoms with E-state index in [4.69, 9.17) is 9.47 Å². The normalized spacial score (nSPS) is 23.3. The average Bonchev–Trinajstić information content (AvgIpc) is 3.01. The molecule has 1 fully saturated rings. The summed E-state index contributed by atoms with van der Waals surface area (Å²) in [5.41, 5.74) is 2.28. The lowest BCUT2D eigenvalue weighted by Crippen LogP contribution is -2.66. The molecule has 3 aromatic carbocycles. The minimum absolute atomic E-state index is 0.265. The lowest BCUT2D eigenvalue weighted by molar-refractivity contribution is -0.204. The number of rotatable bonds is 10. The van der Waals surface area contributed by atoms with Crippen molar-refractivity contribution in [2.75, 3.05) is 13.7 Å². The van der Waals surface area contributed by atoms with Gasteiger partial charge in [0, 0.05) is 30.3 Å². The molecule has 1 unspecified atom stereocenters. The standard InChI is InChI=1S/C31H34N2O8S/c1-19(34)33-26-24(35)17-31(30(39)40-2,42-23-11-7-4-8-12-23)41-28(26)27(37)25(36)18-32-29(38)22-15-13-21(14-16-22)20-9-5-3-6-10-20/h3-16,24-28,35-37H,17-18H2,1-2H3,(H,32,38)(H,33,34)/t24-,25-,26-,27-,28?,31-/m1/s1. The molecule has 0 bridgehead atoms. The van der Waals surface area contributed by atoms with E-state index >= 15 is 0 Å². The molecule has 222 valence electrons. The van der Waals surface area contributed by atoms with Crippen molar-refractivity contribution in [3.05, 3.63) is 90.5 Å². The van der Waals surface area contributed by atoms with Gasteiger partial charge in [-0.1, -0.05) is 72.4 Å². The van der Waals surface area contributed by atoms with Gasteiger partial charge in [0.15, 0.2) is 0 Å². The Balaban J connectivity index is 1.49. The van der Waals surface area contributed by atoms with Crippen LogP contribution in [0.5, 0.6) is 0 Å². The third kappa shape index (κ3) is 7.36. The van der Waals surface area contributed by atoms with Crippen LogP contribution in [0.2, 0.25) is 0 Å². The number of hydrogen-bond acceptors (Lipinski definition) is 9. The van der Waals surface area contributed by atoms with Crippen LogP contribution in [-0.4, -0.2) is 82.1 Å². The first-order valence-corrected chi connectivity index (χ1v) is 14.2. The molecule has 1 saturated heterocycles. The summed E-state index contributed by atoms with van der Waals surface area (Å²) in [7, 11) is 1.17. The largest absolute Gasteiger partial charge is 0.466 e. The van der Waals surface area contributed by atoms with E-state index in [1.165, 1.54) is 14.0 Å². The number of methoxy groups -OCH3 is 1. The van der Waals surface area contributed by atoms with E-state index in [-0.39, 0.29) is 13.0 Å². The van der Waals surface area contributed by atoms with Crippen LogP contribution < -0.4 is 10.6 Å². The Hall–Kier alpha value is -3.74. The van der Waals surface area contributed by atoms with Crippen molar-refractivity contribution in [1.29, 1.82) is 0 Å². The number of amides is 2. The molecule has 1 heterocycles. The van der Waals surface area contributed by atoms with Crippen molar-refractivity contribution < 1.29 is 39.2 Å². The fourth-order valence-corrected chi connectivity index (χ4v) is 6.07. The van der Waals surface area contributed by atoms with E-state index in [1.54, 1.807) is 42.5 Å². The summed E-state index contributed by atoms with van der Waals surface area (Å²) >= 11 is 0.985. The van der Waals surface area contributed by atoms with Gasteiger partial charge in [-0.3, -0.25) is 9.59 Å². The molecule has 10 nitrogen and oxygen atoms in total. The lowest BCUT2D eigenvalue weighted by atomic mass is 9.89. The summed E-state index contributed by atoms with van der Waals surface area (Å²) in [6, 6.07) is 24.2. The van der Waals surface area contributed by atoms with Gasteiger partial charge in [-0.2, -0.15) is 0 Å². The van der Waals surface area contributed by atoms with E-state index in [0.29, 0.717) is 10.5 Å². The summed E-state index contributed by atoms with van der Waals surface area (Å²) < 4.78 is 11.1. The molecule has 0 spiro atoms. The highest BCUT2D eigenvalue weighted by atomic mass is 32.2. The molecule has 42 heavy (non-hydrogen) atoms. The van der Waals surface area contributed by atoms with Gasteiger partial charge >= 0.3 is 5.97 Å². The zero-order valence-corrected chi connectivity index (χ0v) is 24.0. The number of ether oxygens (including phenoxy) is 2. The summed E-state index contributed by atoms with van der Waals surface area (Å²) in [5.74, 6) is -1.80. The third-order valence-electron chi connectivity index (χ3n) is 6.92. The van der Waals surface area contributed by atoms with Crippen LogP contribution in [0.3, 0.4) is 0 Å². The van der Waals surface area contributed by atoms with Crippen molar-refractivity contribution in [2.45, 2.75) is 53.6 Å². The Labute approximate surface area is 248 Å². The number of benzene rings is 3. The third-order valence-corrected chi connectivity index (χ3v) is 8.19. The molecule has 5 N–H and O–H groups in total. The lowest BCUT2D eigenvalue weighted by Gasteiger charge is -2.47. The van der Waals surface area contributed by atoms with Gasteiger partial charge in [0.25, 0.3) is 5.91 Å². The van der Waals surface area contributed by atoms with Gasteiger partial charge in [-0.05, 0) is 35.4 Å². The highest BCUT2D eigenvalue weighted by Crippen LogP contribution is 2.44. The van der Waals surface area contributed by atoms with Crippen molar-refractivity contribution in [3.8, 4) is 11.1 Å². The molecule has 0 aromatic heterocycles. The second kappa shape index (κ2) is 14.0. The van der Waals surface area contributed by atoms with Crippen molar-refractivity contribution in [3.63, 3.8) is 0 Å². The number of thioether (sulfide) groups is 1. The SMILES string of the molecule is COC(=O)[C@]1(Sc2ccccc2)C[C@@H](O)[C@@H](NC(C)=O)C([C@H](O)[C@H](O)CNC(=O)c2ccc(-c3ccccc3)cc2)O1.